The highest BCUT2D eigenvalue weighted by molar-refractivity contribution is 5.56. The lowest BCUT2D eigenvalue weighted by Crippen LogP contribution is -2.33. The Labute approximate surface area is 134 Å². The molecular weight excluding hydrogens is 298 g/mol. The third kappa shape index (κ3) is 5.01. The first kappa shape index (κ1) is 16.9. The average molecular weight is 317 g/mol. The molecule has 7 nitrogen and oxygen atoms in total. The van der Waals surface area contributed by atoms with Crippen molar-refractivity contribution in [2.75, 3.05) is 25.1 Å². The third-order valence-corrected chi connectivity index (χ3v) is 3.23. The van der Waals surface area contributed by atoms with E-state index < -0.39 is 11.0 Å². The van der Waals surface area contributed by atoms with Gasteiger partial charge in [-0.05, 0) is 11.6 Å². The molecule has 0 fully saturated rings. The van der Waals surface area contributed by atoms with Gasteiger partial charge in [0, 0.05) is 25.9 Å². The third-order valence-electron chi connectivity index (χ3n) is 3.23. The number of pyridine rings is 1. The van der Waals surface area contributed by atoms with E-state index in [0.29, 0.717) is 6.61 Å². The minimum atomic E-state index is -0.773. The predicted octanol–water partition coefficient (Wildman–Crippen LogP) is 2.00. The zero-order chi connectivity index (χ0) is 16.7. The van der Waals surface area contributed by atoms with Gasteiger partial charge in [-0.3, -0.25) is 10.1 Å². The summed E-state index contributed by atoms with van der Waals surface area (Å²) in [5.74, 6) is 0.222. The maximum atomic E-state index is 11.0. The maximum absolute atomic E-state index is 11.0. The number of aliphatic hydroxyl groups is 1. The summed E-state index contributed by atoms with van der Waals surface area (Å²) < 4.78 is 5.46. The van der Waals surface area contributed by atoms with Crippen LogP contribution in [0.3, 0.4) is 0 Å². The Morgan fingerprint density at radius 3 is 2.74 bits per heavy atom. The number of aliphatic hydroxyl groups excluding tert-OH is 1. The minimum absolute atomic E-state index is 0.0904. The summed E-state index contributed by atoms with van der Waals surface area (Å²) in [6, 6.07) is 12.5. The molecule has 0 unspecified atom stereocenters. The zero-order valence-electron chi connectivity index (χ0n) is 12.8. The van der Waals surface area contributed by atoms with Gasteiger partial charge in [0.15, 0.2) is 0 Å². The molecule has 0 aliphatic heterocycles. The summed E-state index contributed by atoms with van der Waals surface area (Å²) in [6.07, 6.45) is 0.710. The van der Waals surface area contributed by atoms with Crippen LogP contribution >= 0.6 is 0 Å². The van der Waals surface area contributed by atoms with Gasteiger partial charge in [-0.25, -0.2) is 4.98 Å². The fraction of sp³-hybridized carbons (Fsp3) is 0.312. The number of nitrogens with zero attached hydrogens (tertiary/aromatic N) is 3. The van der Waals surface area contributed by atoms with Gasteiger partial charge in [0.2, 0.25) is 5.82 Å². The summed E-state index contributed by atoms with van der Waals surface area (Å²) in [6.45, 7) is 0.734. The van der Waals surface area contributed by atoms with E-state index in [2.05, 4.69) is 4.98 Å². The van der Waals surface area contributed by atoms with Crippen molar-refractivity contribution >= 4 is 11.5 Å². The molecule has 1 aromatic carbocycles. The monoisotopic (exact) mass is 317 g/mol. The molecule has 122 valence electrons. The minimum Gasteiger partial charge on any atom is -0.389 e. The number of rotatable bonds is 8. The van der Waals surface area contributed by atoms with Crippen LogP contribution in [0.5, 0.6) is 0 Å². The molecule has 0 radical (unpaired) electrons. The Kier molecular flexibility index (Phi) is 6.02. The van der Waals surface area contributed by atoms with Crippen LogP contribution in [0.25, 0.3) is 0 Å². The molecule has 0 aliphatic carbocycles. The van der Waals surface area contributed by atoms with Crippen LogP contribution in [-0.2, 0) is 11.3 Å². The van der Waals surface area contributed by atoms with Crippen LogP contribution in [0.15, 0.2) is 48.7 Å². The number of hydrogen-bond donors (Lipinski definition) is 1. The van der Waals surface area contributed by atoms with Crippen LogP contribution in [0, 0.1) is 10.1 Å². The van der Waals surface area contributed by atoms with Gasteiger partial charge in [0.1, 0.15) is 0 Å². The molecule has 23 heavy (non-hydrogen) atoms. The van der Waals surface area contributed by atoms with Gasteiger partial charge in [0.05, 0.1) is 24.2 Å². The number of aromatic nitrogens is 1. The molecule has 1 aromatic heterocycles. The van der Waals surface area contributed by atoms with Gasteiger partial charge in [0.25, 0.3) is 0 Å². The Balaban J connectivity index is 1.85. The van der Waals surface area contributed by atoms with Crippen molar-refractivity contribution in [3.63, 3.8) is 0 Å². The largest absolute Gasteiger partial charge is 0.389 e. The van der Waals surface area contributed by atoms with Crippen molar-refractivity contribution in [3.8, 4) is 0 Å². The summed E-state index contributed by atoms with van der Waals surface area (Å²) in [4.78, 5) is 16.1. The van der Waals surface area contributed by atoms with Gasteiger partial charge in [-0.1, -0.05) is 30.3 Å². The second-order valence-electron chi connectivity index (χ2n) is 5.14. The highest BCUT2D eigenvalue weighted by atomic mass is 16.6. The highest BCUT2D eigenvalue weighted by Gasteiger charge is 2.19. The van der Waals surface area contributed by atoms with E-state index in [9.17, 15) is 15.2 Å². The number of anilines is 1. The molecule has 0 amide bonds. The van der Waals surface area contributed by atoms with Crippen LogP contribution in [0.2, 0.25) is 0 Å². The van der Waals surface area contributed by atoms with E-state index in [1.165, 1.54) is 18.3 Å². The Bertz CT molecular complexity index is 636. The number of hydrogen-bond acceptors (Lipinski definition) is 6. The van der Waals surface area contributed by atoms with Crippen LogP contribution in [-0.4, -0.2) is 41.3 Å². The Morgan fingerprint density at radius 1 is 1.30 bits per heavy atom. The predicted molar refractivity (Wildman–Crippen MR) is 86.3 cm³/mol. The van der Waals surface area contributed by atoms with Gasteiger partial charge >= 0.3 is 5.69 Å². The first-order valence-corrected chi connectivity index (χ1v) is 7.18. The zero-order valence-corrected chi connectivity index (χ0v) is 12.8. The summed E-state index contributed by atoms with van der Waals surface area (Å²) in [7, 11) is 1.65. The molecule has 0 spiro atoms. The topological polar surface area (TPSA) is 88.7 Å². The molecule has 2 rings (SSSR count). The average Bonchev–Trinajstić information content (AvgIpc) is 2.55. The van der Waals surface area contributed by atoms with Gasteiger partial charge < -0.3 is 14.7 Å². The van der Waals surface area contributed by atoms with Crippen LogP contribution in [0.4, 0.5) is 11.5 Å². The van der Waals surface area contributed by atoms with Crippen molar-refractivity contribution in [2.45, 2.75) is 12.7 Å². The first-order valence-electron chi connectivity index (χ1n) is 7.18. The molecule has 1 heterocycles. The lowest BCUT2D eigenvalue weighted by molar-refractivity contribution is -0.384. The van der Waals surface area contributed by atoms with Crippen molar-refractivity contribution in [3.05, 3.63) is 64.3 Å². The van der Waals surface area contributed by atoms with Gasteiger partial charge in [-0.15, -0.1) is 0 Å². The quantitative estimate of drug-likeness (QED) is 0.592. The fourth-order valence-electron chi connectivity index (χ4n) is 2.17. The fourth-order valence-corrected chi connectivity index (χ4v) is 2.17. The maximum Gasteiger partial charge on any atom is 0.311 e. The second-order valence-corrected chi connectivity index (χ2v) is 5.14. The highest BCUT2D eigenvalue weighted by Crippen LogP contribution is 2.23. The van der Waals surface area contributed by atoms with E-state index in [0.717, 1.165) is 5.56 Å². The summed E-state index contributed by atoms with van der Waals surface area (Å²) >= 11 is 0. The van der Waals surface area contributed by atoms with Crippen molar-refractivity contribution in [1.82, 2.24) is 4.98 Å². The SMILES string of the molecule is CN(C[C@@H](O)COCc1ccccc1)c1ncccc1[N+](=O)[O-]. The summed E-state index contributed by atoms with van der Waals surface area (Å²) in [5.41, 5.74) is 0.931. The molecule has 1 atom stereocenters. The van der Waals surface area contributed by atoms with Crippen molar-refractivity contribution < 1.29 is 14.8 Å². The molecule has 0 saturated carbocycles. The first-order chi connectivity index (χ1) is 11.1. The molecule has 0 aliphatic rings. The van der Waals surface area contributed by atoms with Gasteiger partial charge in [-0.2, -0.15) is 0 Å². The smallest absolute Gasteiger partial charge is 0.311 e. The van der Waals surface area contributed by atoms with E-state index in [1.54, 1.807) is 11.9 Å². The lowest BCUT2D eigenvalue weighted by atomic mass is 10.2. The second kappa shape index (κ2) is 8.21. The summed E-state index contributed by atoms with van der Waals surface area (Å²) in [5, 5.41) is 21.0. The van der Waals surface area contributed by atoms with Crippen molar-refractivity contribution in [2.24, 2.45) is 0 Å². The van der Waals surface area contributed by atoms with E-state index in [1.807, 2.05) is 30.3 Å². The molecule has 0 bridgehead atoms. The standard InChI is InChI=1S/C16H19N3O4/c1-18(16-15(19(21)22)8-5-9-17-16)10-14(20)12-23-11-13-6-3-2-4-7-13/h2-9,14,20H,10-12H2,1H3/t14-/m1/s1. The van der Waals surface area contributed by atoms with E-state index >= 15 is 0 Å². The van der Waals surface area contributed by atoms with Crippen LogP contribution in [0.1, 0.15) is 5.56 Å². The van der Waals surface area contributed by atoms with E-state index in [-0.39, 0.29) is 24.7 Å². The Morgan fingerprint density at radius 2 is 2.04 bits per heavy atom. The molecule has 2 aromatic rings. The molecular formula is C16H19N3O4. The molecule has 0 saturated heterocycles. The molecule has 7 heteroatoms. The molecule has 1 N–H and O–H groups in total. The lowest BCUT2D eigenvalue weighted by Gasteiger charge is -2.21. The van der Waals surface area contributed by atoms with Crippen LogP contribution < -0.4 is 4.90 Å². The Hall–Kier alpha value is -2.51. The number of benzene rings is 1. The number of ether oxygens (including phenoxy) is 1. The normalized spacial score (nSPS) is 11.9. The van der Waals surface area contributed by atoms with E-state index in [4.69, 9.17) is 4.74 Å². The number of likely N-dealkylation sites (N-methyl/N-ethyl adjacent to an activating group) is 1. The van der Waals surface area contributed by atoms with Crippen molar-refractivity contribution in [1.29, 1.82) is 0 Å². The number of nitro groups is 1.